The van der Waals surface area contributed by atoms with Gasteiger partial charge in [-0.05, 0) is 0 Å². The molecule has 0 aromatic carbocycles. The molecular formula is C8H10O5S2. The molecule has 0 saturated heterocycles. The molecule has 0 radical (unpaired) electrons. The lowest BCUT2D eigenvalue weighted by molar-refractivity contribution is 0.0569. The van der Waals surface area contributed by atoms with Crippen molar-refractivity contribution in [3.05, 3.63) is 10.8 Å². The third-order valence-corrected chi connectivity index (χ3v) is 3.04. The van der Waals surface area contributed by atoms with Crippen LogP contribution in [0, 0.1) is 0 Å². The van der Waals surface area contributed by atoms with Crippen molar-refractivity contribution in [2.45, 2.75) is 6.10 Å². The van der Waals surface area contributed by atoms with Crippen LogP contribution in [0.25, 0.3) is 0 Å². The Morgan fingerprint density at radius 3 is 3.00 bits per heavy atom. The molecule has 15 heavy (non-hydrogen) atoms. The van der Waals surface area contributed by atoms with Gasteiger partial charge in [0.15, 0.2) is 17.6 Å². The summed E-state index contributed by atoms with van der Waals surface area (Å²) in [7, 11) is -3.42. The number of hydrogen-bond acceptors (Lipinski definition) is 6. The normalized spacial score (nSPS) is 20.2. The van der Waals surface area contributed by atoms with E-state index in [1.54, 1.807) is 0 Å². The van der Waals surface area contributed by atoms with Gasteiger partial charge in [-0.3, -0.25) is 4.18 Å². The number of hydrogen-bond donors (Lipinski definition) is 0. The van der Waals surface area contributed by atoms with Crippen LogP contribution < -0.4 is 9.47 Å². The minimum atomic E-state index is -3.42. The van der Waals surface area contributed by atoms with Gasteiger partial charge in [0.25, 0.3) is 10.1 Å². The summed E-state index contributed by atoms with van der Waals surface area (Å²) in [5.41, 5.74) is 0. The van der Waals surface area contributed by atoms with Crippen molar-refractivity contribution in [2.24, 2.45) is 0 Å². The van der Waals surface area contributed by atoms with E-state index in [1.165, 1.54) is 11.3 Å². The molecule has 7 heteroatoms. The zero-order valence-electron chi connectivity index (χ0n) is 8.00. The first-order valence-electron chi connectivity index (χ1n) is 4.24. The van der Waals surface area contributed by atoms with E-state index in [-0.39, 0.29) is 12.7 Å². The Morgan fingerprint density at radius 1 is 1.53 bits per heavy atom. The van der Waals surface area contributed by atoms with E-state index in [2.05, 4.69) is 4.18 Å². The Kier molecular flexibility index (Phi) is 2.85. The fraction of sp³-hybridized carbons (Fsp3) is 0.500. The zero-order chi connectivity index (χ0) is 10.9. The lowest BCUT2D eigenvalue weighted by Crippen LogP contribution is -2.33. The van der Waals surface area contributed by atoms with Gasteiger partial charge in [-0.1, -0.05) is 0 Å². The van der Waals surface area contributed by atoms with E-state index in [9.17, 15) is 8.42 Å². The summed E-state index contributed by atoms with van der Waals surface area (Å²) in [4.78, 5) is 0. The maximum absolute atomic E-state index is 10.8. The van der Waals surface area contributed by atoms with Gasteiger partial charge >= 0.3 is 0 Å². The van der Waals surface area contributed by atoms with E-state index < -0.39 is 10.1 Å². The predicted octanol–water partition coefficient (Wildman–Crippen LogP) is 0.864. The Morgan fingerprint density at radius 2 is 2.27 bits per heavy atom. The van der Waals surface area contributed by atoms with Crippen LogP contribution in [0.3, 0.4) is 0 Å². The van der Waals surface area contributed by atoms with Crippen molar-refractivity contribution in [1.29, 1.82) is 0 Å². The van der Waals surface area contributed by atoms with Crippen molar-refractivity contribution in [3.63, 3.8) is 0 Å². The molecule has 0 amide bonds. The molecule has 1 aliphatic rings. The molecule has 0 fully saturated rings. The zero-order valence-corrected chi connectivity index (χ0v) is 9.64. The predicted molar refractivity (Wildman–Crippen MR) is 55.0 cm³/mol. The molecule has 1 atom stereocenters. The monoisotopic (exact) mass is 250 g/mol. The molecule has 2 heterocycles. The molecule has 5 nitrogen and oxygen atoms in total. The van der Waals surface area contributed by atoms with Crippen molar-refractivity contribution in [2.75, 3.05) is 19.5 Å². The molecule has 0 aliphatic carbocycles. The van der Waals surface area contributed by atoms with Gasteiger partial charge in [0.05, 0.1) is 6.26 Å². The highest BCUT2D eigenvalue weighted by atomic mass is 32.2. The maximum Gasteiger partial charge on any atom is 0.264 e. The highest BCUT2D eigenvalue weighted by Gasteiger charge is 2.23. The van der Waals surface area contributed by atoms with Gasteiger partial charge in [0.1, 0.15) is 13.2 Å². The van der Waals surface area contributed by atoms with Crippen molar-refractivity contribution < 1.29 is 22.1 Å². The van der Waals surface area contributed by atoms with Gasteiger partial charge in [-0.25, -0.2) is 0 Å². The molecule has 0 N–H and O–H groups in total. The molecular weight excluding hydrogens is 240 g/mol. The highest BCUT2D eigenvalue weighted by molar-refractivity contribution is 7.85. The Balaban J connectivity index is 1.93. The summed E-state index contributed by atoms with van der Waals surface area (Å²) in [6.07, 6.45) is 0.633. The summed E-state index contributed by atoms with van der Waals surface area (Å²) in [5.74, 6) is 1.35. The first-order valence-corrected chi connectivity index (χ1v) is 7.00. The highest BCUT2D eigenvalue weighted by Crippen LogP contribution is 2.35. The molecule has 0 saturated carbocycles. The maximum atomic E-state index is 10.8. The quantitative estimate of drug-likeness (QED) is 0.745. The van der Waals surface area contributed by atoms with Gasteiger partial charge in [-0.15, -0.1) is 11.3 Å². The van der Waals surface area contributed by atoms with Crippen LogP contribution in [0.5, 0.6) is 11.5 Å². The van der Waals surface area contributed by atoms with Crippen LogP contribution in [0.2, 0.25) is 0 Å². The van der Waals surface area contributed by atoms with Gasteiger partial charge in [0, 0.05) is 10.8 Å². The molecule has 1 unspecified atom stereocenters. The summed E-state index contributed by atoms with van der Waals surface area (Å²) < 4.78 is 37.0. The first kappa shape index (κ1) is 10.7. The Labute approximate surface area is 91.7 Å². The van der Waals surface area contributed by atoms with Crippen LogP contribution >= 0.6 is 11.3 Å². The average Bonchev–Trinajstić information content (AvgIpc) is 2.60. The molecule has 0 spiro atoms. The first-order chi connectivity index (χ1) is 7.04. The largest absolute Gasteiger partial charge is 0.485 e. The second-order valence-electron chi connectivity index (χ2n) is 3.14. The van der Waals surface area contributed by atoms with Gasteiger partial charge in [-0.2, -0.15) is 8.42 Å². The average molecular weight is 250 g/mol. The lowest BCUT2D eigenvalue weighted by Gasteiger charge is -2.23. The lowest BCUT2D eigenvalue weighted by atomic mass is 10.3. The Bertz CT molecular complexity index is 436. The number of fused-ring (bicyclic) bond motifs is 1. The molecule has 0 bridgehead atoms. The van der Waals surface area contributed by atoms with E-state index in [1.807, 2.05) is 10.8 Å². The molecule has 1 aromatic heterocycles. The van der Waals surface area contributed by atoms with E-state index in [0.717, 1.165) is 6.26 Å². The summed E-state index contributed by atoms with van der Waals surface area (Å²) in [5, 5.41) is 3.64. The molecule has 2 rings (SSSR count). The van der Waals surface area contributed by atoms with Crippen LogP contribution in [-0.4, -0.2) is 34.0 Å². The minimum Gasteiger partial charge on any atom is -0.485 e. The van der Waals surface area contributed by atoms with Gasteiger partial charge in [0.2, 0.25) is 0 Å². The smallest absolute Gasteiger partial charge is 0.264 e. The summed E-state index contributed by atoms with van der Waals surface area (Å²) in [6, 6.07) is 0. The minimum absolute atomic E-state index is 0.0197. The standard InChI is InChI=1S/C8H10O5S2/c1-15(9,10)12-3-6-2-11-7-4-14-5-8(7)13-6/h4-6H,2-3H2,1H3. The number of ether oxygens (including phenoxy) is 2. The summed E-state index contributed by atoms with van der Waals surface area (Å²) in [6.45, 7) is 0.285. The third-order valence-electron chi connectivity index (χ3n) is 1.78. The summed E-state index contributed by atoms with van der Waals surface area (Å²) >= 11 is 1.47. The Hall–Kier alpha value is -0.790. The fourth-order valence-electron chi connectivity index (χ4n) is 1.14. The fourth-order valence-corrected chi connectivity index (χ4v) is 2.21. The second kappa shape index (κ2) is 3.99. The van der Waals surface area contributed by atoms with E-state index in [0.29, 0.717) is 18.1 Å². The van der Waals surface area contributed by atoms with Crippen LogP contribution in [0.4, 0.5) is 0 Å². The molecule has 1 aliphatic heterocycles. The SMILES string of the molecule is CS(=O)(=O)OCC1COc2cscc2O1. The molecule has 84 valence electrons. The van der Waals surface area contributed by atoms with E-state index in [4.69, 9.17) is 9.47 Å². The van der Waals surface area contributed by atoms with Crippen molar-refractivity contribution in [3.8, 4) is 11.5 Å². The third kappa shape index (κ3) is 2.83. The van der Waals surface area contributed by atoms with Crippen LogP contribution in [0.1, 0.15) is 0 Å². The number of rotatable bonds is 3. The van der Waals surface area contributed by atoms with Crippen LogP contribution in [0.15, 0.2) is 10.8 Å². The van der Waals surface area contributed by atoms with Crippen molar-refractivity contribution >= 4 is 21.5 Å². The second-order valence-corrected chi connectivity index (χ2v) is 5.53. The van der Waals surface area contributed by atoms with Crippen molar-refractivity contribution in [1.82, 2.24) is 0 Å². The molecule has 1 aromatic rings. The van der Waals surface area contributed by atoms with Gasteiger partial charge < -0.3 is 9.47 Å². The van der Waals surface area contributed by atoms with Crippen LogP contribution in [-0.2, 0) is 14.3 Å². The number of thiophene rings is 1. The van der Waals surface area contributed by atoms with E-state index >= 15 is 0 Å². The topological polar surface area (TPSA) is 61.8 Å².